The van der Waals surface area contributed by atoms with Crippen LogP contribution in [0.25, 0.3) is 0 Å². The lowest BCUT2D eigenvalue weighted by atomic mass is 9.78. The molecular weight excluding hydrogens is 338 g/mol. The van der Waals surface area contributed by atoms with Crippen molar-refractivity contribution >= 4 is 11.9 Å². The Morgan fingerprint density at radius 3 is 2.56 bits per heavy atom. The molecule has 1 aromatic carbocycles. The third-order valence-electron chi connectivity index (χ3n) is 6.49. The van der Waals surface area contributed by atoms with E-state index >= 15 is 0 Å². The van der Waals surface area contributed by atoms with Crippen LogP contribution < -0.4 is 5.32 Å². The van der Waals surface area contributed by atoms with Crippen LogP contribution in [0.15, 0.2) is 42.1 Å². The van der Waals surface area contributed by atoms with Gasteiger partial charge in [-0.2, -0.15) is 0 Å². The number of fused-ring (bicyclic) bond motifs is 1. The number of carbonyl (C=O) groups is 2. The average molecular weight is 367 g/mol. The maximum atomic E-state index is 13.3. The molecule has 1 aromatic rings. The number of carbonyl (C=O) groups excluding carboxylic acids is 2. The normalized spacial score (nSPS) is 30.6. The molecule has 3 aliphatic rings. The van der Waals surface area contributed by atoms with Crippen LogP contribution in [-0.4, -0.2) is 47.4 Å². The van der Waals surface area contributed by atoms with Crippen LogP contribution in [0.5, 0.6) is 0 Å². The molecule has 5 nitrogen and oxygen atoms in total. The van der Waals surface area contributed by atoms with Crippen molar-refractivity contribution in [2.24, 2.45) is 11.8 Å². The van der Waals surface area contributed by atoms with Crippen LogP contribution in [0.2, 0.25) is 0 Å². The van der Waals surface area contributed by atoms with Gasteiger partial charge in [-0.3, -0.25) is 9.69 Å². The number of likely N-dealkylation sites (tertiary alicyclic amines) is 1. The maximum Gasteiger partial charge on any atom is 0.322 e. The summed E-state index contributed by atoms with van der Waals surface area (Å²) in [5.41, 5.74) is 2.26. The van der Waals surface area contributed by atoms with Crippen molar-refractivity contribution in [3.8, 4) is 0 Å². The molecule has 0 unspecified atom stereocenters. The number of rotatable bonds is 3. The molecule has 3 amide bonds. The average Bonchev–Trinajstić information content (AvgIpc) is 3.29. The Bertz CT molecular complexity index is 739. The van der Waals surface area contributed by atoms with Gasteiger partial charge in [0.25, 0.3) is 0 Å². The third-order valence-corrected chi connectivity index (χ3v) is 6.49. The first kappa shape index (κ1) is 18.1. The molecule has 4 atom stereocenters. The number of allylic oxidation sites excluding steroid dienone is 1. The van der Waals surface area contributed by atoms with Gasteiger partial charge < -0.3 is 10.2 Å². The number of likely N-dealkylation sites (N-methyl/N-ethyl adjacent to an activating group) is 1. The molecule has 1 N–H and O–H groups in total. The zero-order chi connectivity index (χ0) is 19.0. The van der Waals surface area contributed by atoms with Gasteiger partial charge in [0.15, 0.2) is 0 Å². The second-order valence-electron chi connectivity index (χ2n) is 8.01. The van der Waals surface area contributed by atoms with E-state index < -0.39 is 0 Å². The molecule has 0 saturated carbocycles. The molecule has 0 spiro atoms. The Kier molecular flexibility index (Phi) is 4.94. The summed E-state index contributed by atoms with van der Waals surface area (Å²) in [5, 5.41) is 3.11. The van der Waals surface area contributed by atoms with Crippen molar-refractivity contribution in [2.75, 3.05) is 19.6 Å². The highest BCUT2D eigenvalue weighted by atomic mass is 16.2. The van der Waals surface area contributed by atoms with Crippen LogP contribution in [0, 0.1) is 11.8 Å². The van der Waals surface area contributed by atoms with E-state index in [9.17, 15) is 9.59 Å². The van der Waals surface area contributed by atoms with E-state index in [0.29, 0.717) is 13.0 Å². The molecule has 2 fully saturated rings. The zero-order valence-corrected chi connectivity index (χ0v) is 16.2. The summed E-state index contributed by atoms with van der Waals surface area (Å²) in [7, 11) is 0. The smallest absolute Gasteiger partial charge is 0.322 e. The van der Waals surface area contributed by atoms with Crippen LogP contribution in [-0.2, 0) is 4.79 Å². The Labute approximate surface area is 161 Å². The molecule has 0 radical (unpaired) electrons. The highest BCUT2D eigenvalue weighted by Gasteiger charge is 2.44. The molecular formula is C22H29N3O2. The van der Waals surface area contributed by atoms with Crippen LogP contribution in [0.4, 0.5) is 4.79 Å². The number of benzene rings is 1. The molecule has 0 bridgehead atoms. The molecule has 5 heteroatoms. The predicted molar refractivity (Wildman–Crippen MR) is 105 cm³/mol. The predicted octanol–water partition coefficient (Wildman–Crippen LogP) is 3.35. The van der Waals surface area contributed by atoms with E-state index in [4.69, 9.17) is 0 Å². The Morgan fingerprint density at radius 1 is 1.19 bits per heavy atom. The summed E-state index contributed by atoms with van der Waals surface area (Å²) in [6.07, 6.45) is 5.13. The van der Waals surface area contributed by atoms with Gasteiger partial charge >= 0.3 is 6.03 Å². The van der Waals surface area contributed by atoms with Crippen molar-refractivity contribution in [3.05, 3.63) is 47.7 Å². The minimum Gasteiger partial charge on any atom is -0.342 e. The summed E-state index contributed by atoms with van der Waals surface area (Å²) >= 11 is 0. The first-order valence-corrected chi connectivity index (χ1v) is 10.2. The van der Waals surface area contributed by atoms with E-state index in [2.05, 4.69) is 42.6 Å². The third kappa shape index (κ3) is 3.24. The minimum atomic E-state index is -0.0795. The van der Waals surface area contributed by atoms with Crippen molar-refractivity contribution in [3.63, 3.8) is 0 Å². The summed E-state index contributed by atoms with van der Waals surface area (Å²) in [6, 6.07) is 10.3. The van der Waals surface area contributed by atoms with Gasteiger partial charge in [0.05, 0.1) is 6.04 Å². The fourth-order valence-electron chi connectivity index (χ4n) is 4.95. The summed E-state index contributed by atoms with van der Waals surface area (Å²) in [6.45, 7) is 6.59. The number of hydrogen-bond acceptors (Lipinski definition) is 2. The fourth-order valence-corrected chi connectivity index (χ4v) is 4.95. The highest BCUT2D eigenvalue weighted by Crippen LogP contribution is 2.41. The lowest BCUT2D eigenvalue weighted by Crippen LogP contribution is -2.40. The van der Waals surface area contributed by atoms with Crippen molar-refractivity contribution in [1.29, 1.82) is 0 Å². The van der Waals surface area contributed by atoms with Gasteiger partial charge in [0.1, 0.15) is 0 Å². The number of urea groups is 1. The van der Waals surface area contributed by atoms with Crippen molar-refractivity contribution in [1.82, 2.24) is 15.1 Å². The Morgan fingerprint density at radius 2 is 1.89 bits per heavy atom. The number of nitrogens with one attached hydrogen (secondary N) is 1. The number of hydrogen-bond donors (Lipinski definition) is 1. The van der Waals surface area contributed by atoms with Crippen molar-refractivity contribution in [2.45, 2.75) is 45.1 Å². The second kappa shape index (κ2) is 7.37. The molecule has 2 saturated heterocycles. The standard InChI is InChI=1S/C22H29N3O2/c1-3-25-20-14-17(16-9-5-4-6-10-16)15(2)18(13-19(20)23-22(25)27)21(26)24-11-7-8-12-24/h4-6,9-10,14-15,17-19H,3,7-8,11-13H2,1-2H3,(H,23,27)/t15-,17-,18+,19-/m1/s1. The highest BCUT2D eigenvalue weighted by molar-refractivity contribution is 5.83. The quantitative estimate of drug-likeness (QED) is 0.891. The number of nitrogens with zero attached hydrogens (tertiary/aromatic N) is 2. The van der Waals surface area contributed by atoms with Crippen LogP contribution >= 0.6 is 0 Å². The lowest BCUT2D eigenvalue weighted by Gasteiger charge is -2.31. The van der Waals surface area contributed by atoms with Gasteiger partial charge in [0.2, 0.25) is 5.91 Å². The SMILES string of the molecule is CCN1C(=O)N[C@@H]2C[C@H](C(=O)N3CCCC3)[C@H](C)[C@H](c3ccccc3)C=C21. The molecule has 1 aliphatic carbocycles. The molecule has 0 aromatic heterocycles. The van der Waals surface area contributed by atoms with Crippen LogP contribution in [0.3, 0.4) is 0 Å². The second-order valence-corrected chi connectivity index (χ2v) is 8.01. The van der Waals surface area contributed by atoms with Crippen molar-refractivity contribution < 1.29 is 9.59 Å². The van der Waals surface area contributed by atoms with Gasteiger partial charge in [-0.15, -0.1) is 0 Å². The minimum absolute atomic E-state index is 0.0394. The molecule has 4 rings (SSSR count). The van der Waals surface area contributed by atoms with Gasteiger partial charge in [-0.05, 0) is 37.7 Å². The largest absolute Gasteiger partial charge is 0.342 e. The number of amides is 3. The Hall–Kier alpha value is -2.30. The molecule has 27 heavy (non-hydrogen) atoms. The monoisotopic (exact) mass is 367 g/mol. The van der Waals surface area contributed by atoms with E-state index in [-0.39, 0.29) is 35.7 Å². The summed E-state index contributed by atoms with van der Waals surface area (Å²) in [5.74, 6) is 0.502. The summed E-state index contributed by atoms with van der Waals surface area (Å²) < 4.78 is 0. The molecule has 2 heterocycles. The Balaban J connectivity index is 1.72. The van der Waals surface area contributed by atoms with E-state index in [1.54, 1.807) is 0 Å². The lowest BCUT2D eigenvalue weighted by molar-refractivity contribution is -0.136. The molecule has 144 valence electrons. The van der Waals surface area contributed by atoms with Gasteiger partial charge in [-0.1, -0.05) is 43.3 Å². The van der Waals surface area contributed by atoms with E-state index in [0.717, 1.165) is 31.6 Å². The van der Waals surface area contributed by atoms with Gasteiger partial charge in [0, 0.05) is 37.2 Å². The van der Waals surface area contributed by atoms with E-state index in [1.165, 1.54) is 5.56 Å². The fraction of sp³-hybridized carbons (Fsp3) is 0.545. The van der Waals surface area contributed by atoms with E-state index in [1.807, 2.05) is 22.8 Å². The zero-order valence-electron chi connectivity index (χ0n) is 16.2. The molecule has 2 aliphatic heterocycles. The first-order valence-electron chi connectivity index (χ1n) is 10.2. The topological polar surface area (TPSA) is 52.7 Å². The van der Waals surface area contributed by atoms with Crippen LogP contribution in [0.1, 0.15) is 44.6 Å². The summed E-state index contributed by atoms with van der Waals surface area (Å²) in [4.78, 5) is 29.6. The first-order chi connectivity index (χ1) is 13.1. The van der Waals surface area contributed by atoms with Gasteiger partial charge in [-0.25, -0.2) is 4.79 Å². The maximum absolute atomic E-state index is 13.3.